The molecule has 88 valence electrons. The number of halogens is 1. The maximum absolute atomic E-state index is 11.0. The molecule has 1 N–H and O–H groups in total. The van der Waals surface area contributed by atoms with E-state index >= 15 is 0 Å². The molecule has 0 bridgehead atoms. The van der Waals surface area contributed by atoms with E-state index in [4.69, 9.17) is 16.3 Å². The Bertz CT molecular complexity index is 366. The summed E-state index contributed by atoms with van der Waals surface area (Å²) in [5, 5.41) is 3.40. The summed E-state index contributed by atoms with van der Waals surface area (Å²) in [6.45, 7) is 4.68. The van der Waals surface area contributed by atoms with Gasteiger partial charge in [-0.2, -0.15) is 0 Å². The Kier molecular flexibility index (Phi) is 5.12. The van der Waals surface area contributed by atoms with Crippen molar-refractivity contribution in [2.75, 3.05) is 13.2 Å². The summed E-state index contributed by atoms with van der Waals surface area (Å²) in [4.78, 5) is 11.0. The quantitative estimate of drug-likeness (QED) is 0.880. The zero-order chi connectivity index (χ0) is 12.0. The number of amides is 1. The van der Waals surface area contributed by atoms with E-state index in [2.05, 4.69) is 5.32 Å². The molecule has 1 aromatic carbocycles. The lowest BCUT2D eigenvalue weighted by atomic mass is 10.1. The van der Waals surface area contributed by atoms with Crippen LogP contribution in [0.15, 0.2) is 18.2 Å². The monoisotopic (exact) mass is 241 g/mol. The van der Waals surface area contributed by atoms with Crippen LogP contribution in [0.1, 0.15) is 18.1 Å². The molecule has 1 aromatic rings. The van der Waals surface area contributed by atoms with E-state index in [0.29, 0.717) is 19.6 Å². The largest absolute Gasteiger partial charge is 0.450 e. The molecule has 0 fully saturated rings. The molecular formula is C12H16ClNO2. The Morgan fingerprint density at radius 2 is 2.25 bits per heavy atom. The van der Waals surface area contributed by atoms with Crippen LogP contribution in [0, 0.1) is 6.92 Å². The van der Waals surface area contributed by atoms with Gasteiger partial charge in [0.15, 0.2) is 0 Å². The van der Waals surface area contributed by atoms with Crippen molar-refractivity contribution in [3.63, 3.8) is 0 Å². The highest BCUT2D eigenvalue weighted by Gasteiger charge is 2.02. The second-order valence-corrected chi connectivity index (χ2v) is 3.90. The molecule has 0 unspecified atom stereocenters. The van der Waals surface area contributed by atoms with E-state index in [1.807, 2.05) is 25.1 Å². The van der Waals surface area contributed by atoms with Gasteiger partial charge in [0.25, 0.3) is 0 Å². The summed E-state index contributed by atoms with van der Waals surface area (Å²) in [6, 6.07) is 5.90. The number of aryl methyl sites for hydroxylation is 1. The van der Waals surface area contributed by atoms with Crippen molar-refractivity contribution in [2.45, 2.75) is 20.3 Å². The highest BCUT2D eigenvalue weighted by molar-refractivity contribution is 6.31. The molecule has 0 saturated heterocycles. The van der Waals surface area contributed by atoms with E-state index in [0.717, 1.165) is 16.1 Å². The van der Waals surface area contributed by atoms with Crippen LogP contribution >= 0.6 is 11.6 Å². The van der Waals surface area contributed by atoms with Crippen molar-refractivity contribution in [1.29, 1.82) is 0 Å². The maximum Gasteiger partial charge on any atom is 0.407 e. The maximum atomic E-state index is 11.0. The van der Waals surface area contributed by atoms with Gasteiger partial charge in [-0.3, -0.25) is 0 Å². The molecule has 1 amide bonds. The second-order valence-electron chi connectivity index (χ2n) is 3.49. The van der Waals surface area contributed by atoms with Crippen molar-refractivity contribution in [1.82, 2.24) is 5.32 Å². The van der Waals surface area contributed by atoms with E-state index < -0.39 is 0 Å². The van der Waals surface area contributed by atoms with Crippen LogP contribution in [0.25, 0.3) is 0 Å². The van der Waals surface area contributed by atoms with Gasteiger partial charge in [0, 0.05) is 11.6 Å². The van der Waals surface area contributed by atoms with E-state index in [-0.39, 0.29) is 6.09 Å². The molecule has 0 aliphatic carbocycles. The Morgan fingerprint density at radius 3 is 2.88 bits per heavy atom. The van der Waals surface area contributed by atoms with Gasteiger partial charge >= 0.3 is 6.09 Å². The average molecular weight is 242 g/mol. The summed E-state index contributed by atoms with van der Waals surface area (Å²) in [5.74, 6) is 0. The van der Waals surface area contributed by atoms with Gasteiger partial charge in [-0.05, 0) is 37.5 Å². The normalized spacial score (nSPS) is 9.94. The summed E-state index contributed by atoms with van der Waals surface area (Å²) in [5.41, 5.74) is 2.16. The summed E-state index contributed by atoms with van der Waals surface area (Å²) in [6.07, 6.45) is 0.323. The van der Waals surface area contributed by atoms with Crippen molar-refractivity contribution in [3.8, 4) is 0 Å². The predicted octanol–water partition coefficient (Wildman–Crippen LogP) is 2.94. The molecule has 4 heteroatoms. The Hall–Kier alpha value is -1.22. The Balaban J connectivity index is 2.40. The second kappa shape index (κ2) is 6.38. The van der Waals surface area contributed by atoms with Crippen molar-refractivity contribution >= 4 is 17.7 Å². The van der Waals surface area contributed by atoms with Crippen molar-refractivity contribution < 1.29 is 9.53 Å². The van der Waals surface area contributed by atoms with Gasteiger partial charge < -0.3 is 10.1 Å². The predicted molar refractivity (Wildman–Crippen MR) is 64.9 cm³/mol. The van der Waals surface area contributed by atoms with Gasteiger partial charge in [-0.25, -0.2) is 4.79 Å². The molecule has 0 aromatic heterocycles. The molecule has 0 saturated carbocycles. The van der Waals surface area contributed by atoms with Crippen LogP contribution in [-0.4, -0.2) is 19.2 Å². The lowest BCUT2D eigenvalue weighted by Crippen LogP contribution is -2.26. The molecule has 3 nitrogen and oxygen atoms in total. The highest BCUT2D eigenvalue weighted by Crippen LogP contribution is 2.17. The van der Waals surface area contributed by atoms with Crippen LogP contribution in [0.2, 0.25) is 5.02 Å². The standard InChI is InChI=1S/C12H16ClNO2/c1-3-16-12(15)14-7-6-10-5-4-9(2)8-11(10)13/h4-5,8H,3,6-7H2,1-2H3,(H,14,15). The topological polar surface area (TPSA) is 38.3 Å². The third-order valence-electron chi connectivity index (χ3n) is 2.15. The van der Waals surface area contributed by atoms with Gasteiger partial charge in [-0.15, -0.1) is 0 Å². The van der Waals surface area contributed by atoms with Crippen LogP contribution in [0.4, 0.5) is 4.79 Å². The number of ether oxygens (including phenoxy) is 1. The zero-order valence-corrected chi connectivity index (χ0v) is 10.3. The molecule has 0 spiro atoms. The summed E-state index contributed by atoms with van der Waals surface area (Å²) in [7, 11) is 0. The Labute approximate surface area is 101 Å². The SMILES string of the molecule is CCOC(=O)NCCc1ccc(C)cc1Cl. The van der Waals surface area contributed by atoms with Crippen LogP contribution in [0.3, 0.4) is 0 Å². The van der Waals surface area contributed by atoms with Gasteiger partial charge in [-0.1, -0.05) is 23.7 Å². The molecule has 0 aliphatic rings. The van der Waals surface area contributed by atoms with E-state index in [1.165, 1.54) is 0 Å². The number of carbonyl (C=O) groups excluding carboxylic acids is 1. The first-order chi connectivity index (χ1) is 7.63. The molecule has 1 rings (SSSR count). The number of benzene rings is 1. The van der Waals surface area contributed by atoms with Crippen LogP contribution < -0.4 is 5.32 Å². The third kappa shape index (κ3) is 4.11. The van der Waals surface area contributed by atoms with E-state index in [1.54, 1.807) is 6.92 Å². The number of rotatable bonds is 4. The Morgan fingerprint density at radius 1 is 1.50 bits per heavy atom. The minimum Gasteiger partial charge on any atom is -0.450 e. The summed E-state index contributed by atoms with van der Waals surface area (Å²) < 4.78 is 4.75. The zero-order valence-electron chi connectivity index (χ0n) is 9.55. The fraction of sp³-hybridized carbons (Fsp3) is 0.417. The van der Waals surface area contributed by atoms with Gasteiger partial charge in [0.1, 0.15) is 0 Å². The lowest BCUT2D eigenvalue weighted by molar-refractivity contribution is 0.152. The number of carbonyl (C=O) groups is 1. The number of alkyl carbamates (subject to hydrolysis) is 1. The highest BCUT2D eigenvalue weighted by atomic mass is 35.5. The first kappa shape index (κ1) is 12.8. The van der Waals surface area contributed by atoms with Crippen molar-refractivity contribution in [3.05, 3.63) is 34.3 Å². The molecule has 16 heavy (non-hydrogen) atoms. The molecule has 0 aliphatic heterocycles. The van der Waals surface area contributed by atoms with Crippen molar-refractivity contribution in [2.24, 2.45) is 0 Å². The molecule has 0 heterocycles. The fourth-order valence-corrected chi connectivity index (χ4v) is 1.67. The first-order valence-electron chi connectivity index (χ1n) is 5.29. The number of hydrogen-bond donors (Lipinski definition) is 1. The van der Waals surface area contributed by atoms with E-state index in [9.17, 15) is 4.79 Å². The van der Waals surface area contributed by atoms with Crippen LogP contribution in [-0.2, 0) is 11.2 Å². The summed E-state index contributed by atoms with van der Waals surface area (Å²) >= 11 is 6.06. The van der Waals surface area contributed by atoms with Gasteiger partial charge in [0.05, 0.1) is 6.61 Å². The molecular weight excluding hydrogens is 226 g/mol. The minimum absolute atomic E-state index is 0.384. The smallest absolute Gasteiger partial charge is 0.407 e. The number of hydrogen-bond acceptors (Lipinski definition) is 2. The van der Waals surface area contributed by atoms with Crippen LogP contribution in [0.5, 0.6) is 0 Å². The fourth-order valence-electron chi connectivity index (χ4n) is 1.34. The minimum atomic E-state index is -0.384. The average Bonchev–Trinajstić information content (AvgIpc) is 2.22. The molecule has 0 radical (unpaired) electrons. The third-order valence-corrected chi connectivity index (χ3v) is 2.50. The first-order valence-corrected chi connectivity index (χ1v) is 5.67. The lowest BCUT2D eigenvalue weighted by Gasteiger charge is -2.07. The number of nitrogens with one attached hydrogen (secondary N) is 1. The molecule has 0 atom stereocenters. The van der Waals surface area contributed by atoms with Gasteiger partial charge in [0.2, 0.25) is 0 Å².